The number of rotatable bonds is 1. The maximum absolute atomic E-state index is 11.5. The molecule has 1 N–H and O–H groups in total. The van der Waals surface area contributed by atoms with Crippen molar-refractivity contribution in [2.24, 2.45) is 11.3 Å². The van der Waals surface area contributed by atoms with Crippen LogP contribution in [0.15, 0.2) is 24.3 Å². The lowest BCUT2D eigenvalue weighted by Crippen LogP contribution is -2.48. The lowest BCUT2D eigenvalue weighted by molar-refractivity contribution is 0.125. The molecule has 4 heteroatoms. The fraction of sp³-hybridized carbons (Fsp3) is 0.571. The summed E-state index contributed by atoms with van der Waals surface area (Å²) in [7, 11) is 1.64. The van der Waals surface area contributed by atoms with Crippen molar-refractivity contribution >= 4 is 6.03 Å². The number of hydrogen-bond donors (Lipinski definition) is 1. The van der Waals surface area contributed by atoms with E-state index in [1.54, 1.807) is 11.9 Å². The molecule has 0 saturated carbocycles. The lowest BCUT2D eigenvalue weighted by Gasteiger charge is -2.41. The number of allylic oxidation sites excluding steroid dienone is 4. The summed E-state index contributed by atoms with van der Waals surface area (Å²) in [6.07, 6.45) is 10.8. The van der Waals surface area contributed by atoms with Crippen LogP contribution in [0.4, 0.5) is 4.79 Å². The number of urea groups is 1. The van der Waals surface area contributed by atoms with Crippen molar-refractivity contribution in [3.63, 3.8) is 0 Å². The molecule has 1 unspecified atom stereocenters. The summed E-state index contributed by atoms with van der Waals surface area (Å²) < 4.78 is 0. The number of hydrogen-bond acceptors (Lipinski definition) is 2. The zero-order chi connectivity index (χ0) is 13.0. The van der Waals surface area contributed by atoms with E-state index in [0.717, 1.165) is 19.3 Å². The van der Waals surface area contributed by atoms with Gasteiger partial charge in [-0.05, 0) is 25.2 Å². The molecule has 96 valence electrons. The highest BCUT2D eigenvalue weighted by Crippen LogP contribution is 2.41. The fourth-order valence-electron chi connectivity index (χ4n) is 2.82. The van der Waals surface area contributed by atoms with Crippen LogP contribution < -0.4 is 5.32 Å². The van der Waals surface area contributed by atoms with E-state index in [1.807, 2.05) is 12.2 Å². The molecule has 0 radical (unpaired) electrons. The Morgan fingerprint density at radius 3 is 2.67 bits per heavy atom. The largest absolute Gasteiger partial charge is 0.341 e. The first-order valence-corrected chi connectivity index (χ1v) is 6.43. The van der Waals surface area contributed by atoms with E-state index < -0.39 is 0 Å². The fourth-order valence-corrected chi connectivity index (χ4v) is 2.82. The number of likely N-dealkylation sites (tertiary alicyclic amines) is 1. The Morgan fingerprint density at radius 2 is 2.17 bits per heavy atom. The Morgan fingerprint density at radius 1 is 1.44 bits per heavy atom. The summed E-state index contributed by atoms with van der Waals surface area (Å²) in [6.45, 7) is 1.34. The molecule has 1 aliphatic heterocycles. The van der Waals surface area contributed by atoms with Gasteiger partial charge in [0.1, 0.15) is 0 Å². The summed E-state index contributed by atoms with van der Waals surface area (Å²) in [6, 6.07) is 2.48. The molecule has 2 rings (SSSR count). The first-order chi connectivity index (χ1) is 8.72. The Labute approximate surface area is 108 Å². The van der Waals surface area contributed by atoms with Crippen LogP contribution in [-0.4, -0.2) is 31.1 Å². The van der Waals surface area contributed by atoms with Gasteiger partial charge in [0, 0.05) is 20.1 Å². The average molecular weight is 245 g/mol. The number of piperidine rings is 1. The van der Waals surface area contributed by atoms with Gasteiger partial charge in [0.05, 0.1) is 11.5 Å². The topological polar surface area (TPSA) is 56.1 Å². The molecule has 1 heterocycles. The second-order valence-electron chi connectivity index (χ2n) is 4.97. The van der Waals surface area contributed by atoms with Crippen LogP contribution in [-0.2, 0) is 0 Å². The van der Waals surface area contributed by atoms with Crippen molar-refractivity contribution in [2.75, 3.05) is 20.1 Å². The van der Waals surface area contributed by atoms with Crippen LogP contribution in [0.5, 0.6) is 0 Å². The minimum absolute atomic E-state index is 0.0411. The third-order valence-electron chi connectivity index (χ3n) is 4.07. The normalized spacial score (nSPS) is 25.6. The lowest BCUT2D eigenvalue weighted by atomic mass is 9.67. The first kappa shape index (κ1) is 12.7. The summed E-state index contributed by atoms with van der Waals surface area (Å²) in [5, 5.41) is 12.2. The van der Waals surface area contributed by atoms with Crippen LogP contribution in [0, 0.1) is 22.7 Å². The molecule has 1 aliphatic carbocycles. The number of nitrogens with zero attached hydrogens (tertiary/aromatic N) is 2. The Bertz CT molecular complexity index is 411. The standard InChI is InChI=1S/C14H19N3O/c1-16-13(18)17-9-7-14(11-15,8-10-17)12-5-3-2-4-6-12/h2-5,12H,6-10H2,1H3,(H,16,18). The molecule has 0 aromatic heterocycles. The SMILES string of the molecule is CNC(=O)N1CCC(C#N)(C2C=CC=CC2)CC1. The van der Waals surface area contributed by atoms with Gasteiger partial charge in [-0.2, -0.15) is 5.26 Å². The number of carbonyl (C=O) groups excluding carboxylic acids is 1. The molecule has 1 fully saturated rings. The van der Waals surface area contributed by atoms with Crippen molar-refractivity contribution < 1.29 is 4.79 Å². The van der Waals surface area contributed by atoms with Crippen LogP contribution in [0.1, 0.15) is 19.3 Å². The molecular weight excluding hydrogens is 226 g/mol. The highest BCUT2D eigenvalue weighted by Gasteiger charge is 2.41. The van der Waals surface area contributed by atoms with E-state index in [2.05, 4.69) is 23.5 Å². The quantitative estimate of drug-likeness (QED) is 0.768. The highest BCUT2D eigenvalue weighted by molar-refractivity contribution is 5.73. The Hall–Kier alpha value is -1.76. The predicted molar refractivity (Wildman–Crippen MR) is 69.7 cm³/mol. The molecule has 0 aromatic carbocycles. The molecule has 1 atom stereocenters. The number of nitriles is 1. The van der Waals surface area contributed by atoms with Gasteiger partial charge >= 0.3 is 6.03 Å². The third kappa shape index (κ3) is 2.26. The van der Waals surface area contributed by atoms with Gasteiger partial charge in [-0.25, -0.2) is 4.79 Å². The monoisotopic (exact) mass is 245 g/mol. The van der Waals surface area contributed by atoms with Crippen molar-refractivity contribution in [1.29, 1.82) is 5.26 Å². The molecular formula is C14H19N3O. The summed E-state index contributed by atoms with van der Waals surface area (Å²) >= 11 is 0. The Kier molecular flexibility index (Phi) is 3.71. The number of nitrogens with one attached hydrogen (secondary N) is 1. The molecule has 2 amide bonds. The van der Waals surface area contributed by atoms with Gasteiger partial charge in [-0.15, -0.1) is 0 Å². The van der Waals surface area contributed by atoms with E-state index in [1.165, 1.54) is 0 Å². The molecule has 0 aromatic rings. The summed E-state index contributed by atoms with van der Waals surface area (Å²) in [4.78, 5) is 13.3. The third-order valence-corrected chi connectivity index (χ3v) is 4.07. The summed E-state index contributed by atoms with van der Waals surface area (Å²) in [5.41, 5.74) is -0.300. The van der Waals surface area contributed by atoms with E-state index in [4.69, 9.17) is 0 Å². The van der Waals surface area contributed by atoms with Gasteiger partial charge in [0.2, 0.25) is 0 Å². The number of amides is 2. The van der Waals surface area contributed by atoms with Crippen molar-refractivity contribution in [2.45, 2.75) is 19.3 Å². The maximum atomic E-state index is 11.5. The van der Waals surface area contributed by atoms with Gasteiger partial charge in [0.25, 0.3) is 0 Å². The van der Waals surface area contributed by atoms with E-state index in [0.29, 0.717) is 19.0 Å². The van der Waals surface area contributed by atoms with Crippen molar-refractivity contribution in [3.05, 3.63) is 24.3 Å². The van der Waals surface area contributed by atoms with Crippen LogP contribution in [0.2, 0.25) is 0 Å². The highest BCUT2D eigenvalue weighted by atomic mass is 16.2. The predicted octanol–water partition coefficient (Wildman–Crippen LogP) is 2.06. The van der Waals surface area contributed by atoms with Gasteiger partial charge in [0.15, 0.2) is 0 Å². The van der Waals surface area contributed by atoms with E-state index >= 15 is 0 Å². The van der Waals surface area contributed by atoms with E-state index in [9.17, 15) is 10.1 Å². The molecule has 4 nitrogen and oxygen atoms in total. The molecule has 18 heavy (non-hydrogen) atoms. The molecule has 2 aliphatic rings. The summed E-state index contributed by atoms with van der Waals surface area (Å²) in [5.74, 6) is 0.291. The Balaban J connectivity index is 2.04. The van der Waals surface area contributed by atoms with Gasteiger partial charge in [-0.3, -0.25) is 0 Å². The van der Waals surface area contributed by atoms with Gasteiger partial charge < -0.3 is 10.2 Å². The minimum Gasteiger partial charge on any atom is -0.341 e. The van der Waals surface area contributed by atoms with E-state index in [-0.39, 0.29) is 11.4 Å². The zero-order valence-electron chi connectivity index (χ0n) is 10.7. The molecule has 0 bridgehead atoms. The van der Waals surface area contributed by atoms with Crippen LogP contribution in [0.3, 0.4) is 0 Å². The van der Waals surface area contributed by atoms with Crippen molar-refractivity contribution in [3.8, 4) is 6.07 Å². The first-order valence-electron chi connectivity index (χ1n) is 6.43. The molecule has 0 spiro atoms. The number of carbonyl (C=O) groups is 1. The van der Waals surface area contributed by atoms with Crippen LogP contribution >= 0.6 is 0 Å². The van der Waals surface area contributed by atoms with Gasteiger partial charge in [-0.1, -0.05) is 24.3 Å². The zero-order valence-corrected chi connectivity index (χ0v) is 10.7. The maximum Gasteiger partial charge on any atom is 0.317 e. The second-order valence-corrected chi connectivity index (χ2v) is 4.97. The van der Waals surface area contributed by atoms with Crippen LogP contribution in [0.25, 0.3) is 0 Å². The molecule has 1 saturated heterocycles. The van der Waals surface area contributed by atoms with Crippen molar-refractivity contribution in [1.82, 2.24) is 10.2 Å². The second kappa shape index (κ2) is 5.26. The smallest absolute Gasteiger partial charge is 0.317 e. The average Bonchev–Trinajstić information content (AvgIpc) is 2.47. The minimum atomic E-state index is -0.300.